The number of urea groups is 1. The van der Waals surface area contributed by atoms with Gasteiger partial charge in [0, 0.05) is 16.3 Å². The van der Waals surface area contributed by atoms with E-state index in [0.29, 0.717) is 21.8 Å². The lowest BCUT2D eigenvalue weighted by atomic mass is 10.1. The largest absolute Gasteiger partial charge is 0.322 e. The van der Waals surface area contributed by atoms with Crippen molar-refractivity contribution in [3.8, 4) is 0 Å². The molecule has 0 spiro atoms. The van der Waals surface area contributed by atoms with E-state index in [0.717, 1.165) is 0 Å². The van der Waals surface area contributed by atoms with Crippen molar-refractivity contribution >= 4 is 35.1 Å². The first kappa shape index (κ1) is 15.1. The summed E-state index contributed by atoms with van der Waals surface area (Å²) in [6.45, 7) is 0. The number of rotatable bonds is 3. The van der Waals surface area contributed by atoms with Crippen LogP contribution in [0.3, 0.4) is 0 Å². The summed E-state index contributed by atoms with van der Waals surface area (Å²) in [4.78, 5) is 34.8. The van der Waals surface area contributed by atoms with Gasteiger partial charge in [0.25, 0.3) is 11.8 Å². The van der Waals surface area contributed by atoms with Gasteiger partial charge in [0.15, 0.2) is 0 Å². The van der Waals surface area contributed by atoms with Crippen molar-refractivity contribution in [2.45, 2.75) is 6.04 Å². The van der Waals surface area contributed by atoms with Crippen molar-refractivity contribution in [3.05, 3.63) is 64.7 Å². The highest BCUT2D eigenvalue weighted by molar-refractivity contribution is 6.31. The first-order chi connectivity index (χ1) is 11.0. The quantitative estimate of drug-likeness (QED) is 0.756. The van der Waals surface area contributed by atoms with Crippen molar-refractivity contribution < 1.29 is 14.4 Å². The average Bonchev–Trinajstić information content (AvgIpc) is 2.86. The van der Waals surface area contributed by atoms with E-state index in [1.54, 1.807) is 48.5 Å². The van der Waals surface area contributed by atoms with Crippen molar-refractivity contribution in [2.24, 2.45) is 0 Å². The van der Waals surface area contributed by atoms with Crippen LogP contribution in [0.2, 0.25) is 5.02 Å². The minimum Gasteiger partial charge on any atom is -0.322 e. The Balaban J connectivity index is 1.71. The Kier molecular flexibility index (Phi) is 3.99. The van der Waals surface area contributed by atoms with Crippen molar-refractivity contribution in [3.63, 3.8) is 0 Å². The number of carbonyl (C=O) groups is 3. The molecule has 1 unspecified atom stereocenters. The number of imide groups is 1. The molecule has 2 aromatic carbocycles. The van der Waals surface area contributed by atoms with Crippen LogP contribution < -0.4 is 16.0 Å². The molecule has 1 aliphatic heterocycles. The van der Waals surface area contributed by atoms with Crippen molar-refractivity contribution in [1.29, 1.82) is 0 Å². The van der Waals surface area contributed by atoms with E-state index in [2.05, 4.69) is 16.0 Å². The summed E-state index contributed by atoms with van der Waals surface area (Å²) >= 11 is 5.86. The number of benzene rings is 2. The molecule has 0 radical (unpaired) electrons. The number of anilines is 1. The monoisotopic (exact) mass is 329 g/mol. The highest BCUT2D eigenvalue weighted by atomic mass is 35.5. The third kappa shape index (κ3) is 3.32. The second-order valence-electron chi connectivity index (χ2n) is 4.98. The molecule has 0 aliphatic carbocycles. The van der Waals surface area contributed by atoms with Gasteiger partial charge in [-0.05, 0) is 35.9 Å². The zero-order valence-corrected chi connectivity index (χ0v) is 12.6. The van der Waals surface area contributed by atoms with Gasteiger partial charge in [-0.2, -0.15) is 0 Å². The van der Waals surface area contributed by atoms with Gasteiger partial charge < -0.3 is 10.6 Å². The maximum Gasteiger partial charge on any atom is 0.322 e. The van der Waals surface area contributed by atoms with E-state index in [4.69, 9.17) is 11.6 Å². The summed E-state index contributed by atoms with van der Waals surface area (Å²) in [6.07, 6.45) is 0. The number of carbonyl (C=O) groups excluding carboxylic acids is 3. The van der Waals surface area contributed by atoms with Gasteiger partial charge in [0.1, 0.15) is 6.04 Å². The van der Waals surface area contributed by atoms with Crippen molar-refractivity contribution in [2.75, 3.05) is 5.32 Å². The number of halogens is 1. The van der Waals surface area contributed by atoms with Crippen LogP contribution in [0.15, 0.2) is 48.5 Å². The predicted molar refractivity (Wildman–Crippen MR) is 85.3 cm³/mol. The molecule has 1 saturated heterocycles. The summed E-state index contributed by atoms with van der Waals surface area (Å²) in [7, 11) is 0. The van der Waals surface area contributed by atoms with Gasteiger partial charge in [-0.15, -0.1) is 0 Å². The Bertz CT molecular complexity index is 789. The SMILES string of the molecule is O=C1NC(=O)C(c2ccc(NC(=O)c3cccc(Cl)c3)cc2)N1. The molecule has 3 N–H and O–H groups in total. The molecule has 4 amide bonds. The summed E-state index contributed by atoms with van der Waals surface area (Å²) in [5.41, 5.74) is 1.65. The Morgan fingerprint density at radius 3 is 2.43 bits per heavy atom. The lowest BCUT2D eigenvalue weighted by Crippen LogP contribution is -2.22. The molecule has 0 aromatic heterocycles. The maximum atomic E-state index is 12.1. The minimum atomic E-state index is -0.708. The molecule has 2 aromatic rings. The van der Waals surface area contributed by atoms with Crippen LogP contribution in [0.5, 0.6) is 0 Å². The lowest BCUT2D eigenvalue weighted by molar-refractivity contribution is -0.120. The average molecular weight is 330 g/mol. The molecular formula is C16H12ClN3O3. The highest BCUT2D eigenvalue weighted by Gasteiger charge is 2.30. The maximum absolute atomic E-state index is 12.1. The first-order valence-electron chi connectivity index (χ1n) is 6.81. The lowest BCUT2D eigenvalue weighted by Gasteiger charge is -2.10. The third-order valence-corrected chi connectivity index (χ3v) is 3.60. The predicted octanol–water partition coefficient (Wildman–Crippen LogP) is 2.47. The van der Waals surface area contributed by atoms with Gasteiger partial charge in [-0.1, -0.05) is 29.8 Å². The van der Waals surface area contributed by atoms with Crippen LogP contribution in [-0.2, 0) is 4.79 Å². The number of hydrogen-bond donors (Lipinski definition) is 3. The smallest absolute Gasteiger partial charge is 0.322 e. The van der Waals surface area contributed by atoms with E-state index < -0.39 is 18.0 Å². The summed E-state index contributed by atoms with van der Waals surface area (Å²) in [5.74, 6) is -0.683. The summed E-state index contributed by atoms with van der Waals surface area (Å²) < 4.78 is 0. The fraction of sp³-hybridized carbons (Fsp3) is 0.0625. The molecule has 6 nitrogen and oxygen atoms in total. The van der Waals surface area contributed by atoms with Gasteiger partial charge in [-0.25, -0.2) is 4.79 Å². The Hall–Kier alpha value is -2.86. The van der Waals surface area contributed by atoms with Crippen molar-refractivity contribution in [1.82, 2.24) is 10.6 Å². The van der Waals surface area contributed by atoms with E-state index in [1.165, 1.54) is 0 Å². The molecule has 1 aliphatic rings. The molecule has 0 saturated carbocycles. The number of nitrogens with one attached hydrogen (secondary N) is 3. The Labute approximate surface area is 136 Å². The van der Waals surface area contributed by atoms with Crippen LogP contribution in [0.25, 0.3) is 0 Å². The van der Waals surface area contributed by atoms with Gasteiger partial charge in [0.05, 0.1) is 0 Å². The highest BCUT2D eigenvalue weighted by Crippen LogP contribution is 2.20. The van der Waals surface area contributed by atoms with Crippen LogP contribution in [0, 0.1) is 0 Å². The molecule has 0 bridgehead atoms. The van der Waals surface area contributed by atoms with Crippen LogP contribution in [-0.4, -0.2) is 17.8 Å². The Morgan fingerprint density at radius 1 is 1.09 bits per heavy atom. The number of amides is 4. The first-order valence-corrected chi connectivity index (χ1v) is 7.19. The molecule has 116 valence electrons. The van der Waals surface area contributed by atoms with Gasteiger partial charge >= 0.3 is 6.03 Å². The molecule has 3 rings (SSSR count). The molecule has 1 atom stereocenters. The molecule has 23 heavy (non-hydrogen) atoms. The minimum absolute atomic E-state index is 0.285. The van der Waals surface area contributed by atoms with Crippen LogP contribution >= 0.6 is 11.6 Å². The second kappa shape index (κ2) is 6.10. The molecule has 1 heterocycles. The van der Waals surface area contributed by atoms with Crippen LogP contribution in [0.4, 0.5) is 10.5 Å². The zero-order chi connectivity index (χ0) is 16.4. The van der Waals surface area contributed by atoms with Gasteiger partial charge in [-0.3, -0.25) is 14.9 Å². The van der Waals surface area contributed by atoms with Gasteiger partial charge in [0.2, 0.25) is 0 Å². The standard InChI is InChI=1S/C16H12ClN3O3/c17-11-3-1-2-10(8-11)14(21)18-12-6-4-9(5-7-12)13-15(22)20-16(23)19-13/h1-8,13H,(H,18,21)(H2,19,20,22,23). The third-order valence-electron chi connectivity index (χ3n) is 3.36. The van der Waals surface area contributed by atoms with E-state index in [-0.39, 0.29) is 5.91 Å². The molecule has 1 fully saturated rings. The van der Waals surface area contributed by atoms with E-state index >= 15 is 0 Å². The fourth-order valence-corrected chi connectivity index (χ4v) is 2.43. The summed E-state index contributed by atoms with van der Waals surface area (Å²) in [5, 5.41) is 7.90. The normalized spacial score (nSPS) is 16.7. The van der Waals surface area contributed by atoms with Crippen LogP contribution in [0.1, 0.15) is 22.0 Å². The molecular weight excluding hydrogens is 318 g/mol. The van der Waals surface area contributed by atoms with E-state index in [1.807, 2.05) is 0 Å². The fourth-order valence-electron chi connectivity index (χ4n) is 2.24. The molecule has 7 heteroatoms. The topological polar surface area (TPSA) is 87.3 Å². The second-order valence-corrected chi connectivity index (χ2v) is 5.42. The zero-order valence-electron chi connectivity index (χ0n) is 11.8. The van der Waals surface area contributed by atoms with E-state index in [9.17, 15) is 14.4 Å². The Morgan fingerprint density at radius 2 is 1.83 bits per heavy atom. The number of hydrogen-bond acceptors (Lipinski definition) is 3. The summed E-state index contributed by atoms with van der Waals surface area (Å²) in [6, 6.07) is 12.1.